The van der Waals surface area contributed by atoms with Crippen LogP contribution in [0.15, 0.2) is 78.9 Å². The summed E-state index contributed by atoms with van der Waals surface area (Å²) in [5.74, 6) is 7.68. The van der Waals surface area contributed by atoms with Crippen molar-refractivity contribution in [2.75, 3.05) is 46.2 Å². The van der Waals surface area contributed by atoms with Gasteiger partial charge < -0.3 is 19.9 Å². The Hall–Kier alpha value is -3.79. The molecule has 1 unspecified atom stereocenters. The van der Waals surface area contributed by atoms with Gasteiger partial charge in [-0.25, -0.2) is 4.79 Å². The van der Waals surface area contributed by atoms with Crippen LogP contribution in [0.25, 0.3) is 0 Å². The fourth-order valence-corrected chi connectivity index (χ4v) is 6.22. The van der Waals surface area contributed by atoms with Crippen molar-refractivity contribution in [2.24, 2.45) is 0 Å². The molecule has 1 N–H and O–H groups in total. The van der Waals surface area contributed by atoms with Gasteiger partial charge in [-0.1, -0.05) is 42.2 Å². The molecule has 0 spiro atoms. The van der Waals surface area contributed by atoms with Gasteiger partial charge in [0.1, 0.15) is 5.75 Å². The van der Waals surface area contributed by atoms with E-state index in [0.29, 0.717) is 24.5 Å². The van der Waals surface area contributed by atoms with E-state index in [1.54, 1.807) is 7.11 Å². The van der Waals surface area contributed by atoms with Crippen LogP contribution in [0.5, 0.6) is 5.75 Å². The van der Waals surface area contributed by atoms with Crippen LogP contribution in [0.2, 0.25) is 0 Å². The lowest BCUT2D eigenvalue weighted by molar-refractivity contribution is -0.0735. The first-order valence-corrected chi connectivity index (χ1v) is 14.2. The minimum absolute atomic E-state index is 0.0407. The highest BCUT2D eigenvalue weighted by molar-refractivity contribution is 5.89. The first-order chi connectivity index (χ1) is 19.4. The highest BCUT2D eigenvalue weighted by Crippen LogP contribution is 2.44. The fraction of sp³-hybridized carbons (Fsp3) is 0.382. The zero-order valence-corrected chi connectivity index (χ0v) is 24.0. The van der Waals surface area contributed by atoms with E-state index in [1.165, 1.54) is 5.56 Å². The van der Waals surface area contributed by atoms with E-state index in [9.17, 15) is 4.79 Å². The van der Waals surface area contributed by atoms with Gasteiger partial charge in [0.15, 0.2) is 0 Å². The first kappa shape index (κ1) is 27.8. The van der Waals surface area contributed by atoms with Gasteiger partial charge in [0.2, 0.25) is 0 Å². The molecule has 2 saturated heterocycles. The second kappa shape index (κ2) is 12.6. The molecule has 5 rings (SSSR count). The van der Waals surface area contributed by atoms with Crippen LogP contribution in [-0.2, 0) is 0 Å². The molecule has 6 nitrogen and oxygen atoms in total. The fourth-order valence-electron chi connectivity index (χ4n) is 6.22. The summed E-state index contributed by atoms with van der Waals surface area (Å²) < 4.78 is 5.26. The summed E-state index contributed by atoms with van der Waals surface area (Å²) in [6, 6.07) is 27.5. The van der Waals surface area contributed by atoms with Crippen LogP contribution < -0.4 is 10.1 Å². The van der Waals surface area contributed by atoms with E-state index < -0.39 is 0 Å². The molecule has 0 aliphatic carbocycles. The Labute approximate surface area is 238 Å². The maximum absolute atomic E-state index is 13.4. The number of methoxy groups -OCH3 is 1. The largest absolute Gasteiger partial charge is 0.497 e. The molecule has 0 aromatic heterocycles. The molecule has 2 aliphatic heterocycles. The number of likely N-dealkylation sites (N-methyl/N-ethyl adjacent to an activating group) is 1. The van der Waals surface area contributed by atoms with E-state index in [4.69, 9.17) is 4.74 Å². The Morgan fingerprint density at radius 2 is 1.65 bits per heavy atom. The number of nitrogens with zero attached hydrogens (tertiary/aromatic N) is 3. The van der Waals surface area contributed by atoms with Crippen molar-refractivity contribution in [1.82, 2.24) is 14.7 Å². The Morgan fingerprint density at radius 1 is 0.975 bits per heavy atom. The summed E-state index contributed by atoms with van der Waals surface area (Å²) in [6.45, 7) is 4.80. The van der Waals surface area contributed by atoms with Crippen LogP contribution >= 0.6 is 0 Å². The van der Waals surface area contributed by atoms with Gasteiger partial charge in [-0.2, -0.15) is 0 Å². The molecule has 2 heterocycles. The second-order valence-electron chi connectivity index (χ2n) is 11.2. The molecule has 0 radical (unpaired) electrons. The molecule has 2 aliphatic rings. The summed E-state index contributed by atoms with van der Waals surface area (Å²) in [7, 11) is 5.94. The number of hydrogen-bond acceptors (Lipinski definition) is 4. The van der Waals surface area contributed by atoms with Gasteiger partial charge in [-0.05, 0) is 88.0 Å². The van der Waals surface area contributed by atoms with Crippen LogP contribution in [0.3, 0.4) is 0 Å². The molecule has 2 fully saturated rings. The summed E-state index contributed by atoms with van der Waals surface area (Å²) in [5, 5.41) is 3.10. The zero-order chi connectivity index (χ0) is 28.1. The minimum atomic E-state index is -0.0407. The third-order valence-corrected chi connectivity index (χ3v) is 8.16. The normalized spacial score (nSPS) is 22.7. The van der Waals surface area contributed by atoms with Gasteiger partial charge >= 0.3 is 6.03 Å². The van der Waals surface area contributed by atoms with Crippen LogP contribution in [0, 0.1) is 11.8 Å². The molecule has 3 aromatic carbocycles. The number of carbonyl (C=O) groups is 1. The Bertz CT molecular complexity index is 1330. The molecular weight excluding hydrogens is 496 g/mol. The number of ether oxygens (including phenoxy) is 1. The minimum Gasteiger partial charge on any atom is -0.497 e. The molecular formula is C34H40N4O2. The molecule has 2 amide bonds. The van der Waals surface area contributed by atoms with Gasteiger partial charge in [0, 0.05) is 60.5 Å². The highest BCUT2D eigenvalue weighted by Gasteiger charge is 2.51. The Balaban J connectivity index is 1.36. The lowest BCUT2D eigenvalue weighted by Gasteiger charge is -2.60. The average molecular weight is 537 g/mol. The van der Waals surface area contributed by atoms with E-state index >= 15 is 0 Å². The number of benzene rings is 3. The highest BCUT2D eigenvalue weighted by atomic mass is 16.5. The van der Waals surface area contributed by atoms with Crippen LogP contribution in [-0.4, -0.2) is 79.7 Å². The SMILES string of the molecule is COc1ccc(NC(=O)N2CCCC(C)N3[C@H](CN(C)C)[C@H](c4ccc(C#Cc5ccccc5)cc4)[C@@H]3C2)cc1. The number of carbonyl (C=O) groups excluding carboxylic acids is 1. The van der Waals surface area contributed by atoms with Gasteiger partial charge in [0.25, 0.3) is 0 Å². The monoisotopic (exact) mass is 536 g/mol. The van der Waals surface area contributed by atoms with Crippen molar-refractivity contribution in [2.45, 2.75) is 43.8 Å². The van der Waals surface area contributed by atoms with Gasteiger partial charge in [-0.15, -0.1) is 0 Å². The summed E-state index contributed by atoms with van der Waals surface area (Å²) in [6.07, 6.45) is 2.07. The number of fused-ring (bicyclic) bond motifs is 1. The van der Waals surface area contributed by atoms with Crippen molar-refractivity contribution < 1.29 is 9.53 Å². The number of rotatable bonds is 5. The van der Waals surface area contributed by atoms with Crippen molar-refractivity contribution in [3.63, 3.8) is 0 Å². The topological polar surface area (TPSA) is 48.1 Å². The number of anilines is 1. The predicted octanol–water partition coefficient (Wildman–Crippen LogP) is 5.51. The smallest absolute Gasteiger partial charge is 0.321 e. The Kier molecular flexibility index (Phi) is 8.74. The van der Waals surface area contributed by atoms with Crippen molar-refractivity contribution >= 4 is 11.7 Å². The van der Waals surface area contributed by atoms with Crippen LogP contribution in [0.4, 0.5) is 10.5 Å². The number of amides is 2. The standard InChI is InChI=1S/C34H40N4O2/c1-25-9-8-22-37(34(39)35-29-18-20-30(40-4)21-19-29)24-32-33(31(38(25)32)23-36(2)3)28-16-14-27(15-17-28)13-12-26-10-6-5-7-11-26/h5-7,10-11,14-21,25,31-33H,8-9,22-24H2,1-4H3,(H,35,39)/t25?,31-,32+,33+/m1/s1. The average Bonchev–Trinajstić information content (AvgIpc) is 2.95. The van der Waals surface area contributed by atoms with Gasteiger partial charge in [0.05, 0.1) is 7.11 Å². The summed E-state index contributed by atoms with van der Waals surface area (Å²) in [4.78, 5) is 20.4. The van der Waals surface area contributed by atoms with Gasteiger partial charge in [-0.3, -0.25) is 4.90 Å². The molecule has 0 saturated carbocycles. The van der Waals surface area contributed by atoms with Crippen molar-refractivity contribution in [1.29, 1.82) is 0 Å². The third-order valence-electron chi connectivity index (χ3n) is 8.16. The summed E-state index contributed by atoms with van der Waals surface area (Å²) >= 11 is 0. The first-order valence-electron chi connectivity index (χ1n) is 14.2. The van der Waals surface area contributed by atoms with E-state index in [1.807, 2.05) is 59.5 Å². The molecule has 4 atom stereocenters. The number of hydrogen-bond donors (Lipinski definition) is 1. The molecule has 208 valence electrons. The number of nitrogens with one attached hydrogen (secondary N) is 1. The quantitative estimate of drug-likeness (QED) is 0.437. The third kappa shape index (κ3) is 6.33. The van der Waals surface area contributed by atoms with Crippen molar-refractivity contribution in [3.8, 4) is 17.6 Å². The molecule has 40 heavy (non-hydrogen) atoms. The maximum atomic E-state index is 13.4. The second-order valence-corrected chi connectivity index (χ2v) is 11.2. The molecule has 0 bridgehead atoms. The zero-order valence-electron chi connectivity index (χ0n) is 24.0. The van der Waals surface area contributed by atoms with Crippen molar-refractivity contribution in [3.05, 3.63) is 95.6 Å². The van der Waals surface area contributed by atoms with Crippen LogP contribution in [0.1, 0.15) is 42.4 Å². The van der Waals surface area contributed by atoms with E-state index in [-0.39, 0.29) is 12.1 Å². The predicted molar refractivity (Wildman–Crippen MR) is 162 cm³/mol. The van der Waals surface area contributed by atoms with E-state index in [0.717, 1.165) is 48.5 Å². The Morgan fingerprint density at radius 3 is 2.30 bits per heavy atom. The lowest BCUT2D eigenvalue weighted by atomic mass is 9.72. The number of urea groups is 1. The lowest BCUT2D eigenvalue weighted by Crippen LogP contribution is -2.71. The maximum Gasteiger partial charge on any atom is 0.321 e. The summed E-state index contributed by atoms with van der Waals surface area (Å²) in [5.41, 5.74) is 4.13. The molecule has 6 heteroatoms. The van der Waals surface area contributed by atoms with E-state index in [2.05, 4.69) is 72.2 Å². The molecule has 3 aromatic rings.